The zero-order valence-electron chi connectivity index (χ0n) is 22.6. The van der Waals surface area contributed by atoms with Gasteiger partial charge in [-0.25, -0.2) is 8.42 Å². The number of aromatic hydroxyl groups is 1. The van der Waals surface area contributed by atoms with Gasteiger partial charge in [-0.15, -0.1) is 0 Å². The molecule has 41 heavy (non-hydrogen) atoms. The third-order valence-corrected chi connectivity index (χ3v) is 9.16. The maximum absolute atomic E-state index is 13.9. The Morgan fingerprint density at radius 1 is 1.07 bits per heavy atom. The summed E-state index contributed by atoms with van der Waals surface area (Å²) in [4.78, 5) is 40.7. The first-order chi connectivity index (χ1) is 19.1. The smallest absolute Gasteiger partial charge is 0.255 e. The van der Waals surface area contributed by atoms with Crippen LogP contribution in [0.3, 0.4) is 0 Å². The van der Waals surface area contributed by atoms with E-state index in [9.17, 15) is 43.2 Å². The summed E-state index contributed by atoms with van der Waals surface area (Å²) in [6, 6.07) is 8.63. The molecule has 2 aromatic rings. The summed E-state index contributed by atoms with van der Waals surface area (Å²) in [5, 5.41) is 44.8. The van der Waals surface area contributed by atoms with Crippen molar-refractivity contribution in [3.05, 3.63) is 70.0 Å². The van der Waals surface area contributed by atoms with Crippen molar-refractivity contribution in [1.82, 2.24) is 4.90 Å². The van der Waals surface area contributed by atoms with Crippen LogP contribution in [0.5, 0.6) is 5.75 Å². The second-order valence-electron chi connectivity index (χ2n) is 11.2. The van der Waals surface area contributed by atoms with E-state index < -0.39 is 67.9 Å². The summed E-state index contributed by atoms with van der Waals surface area (Å²) in [6.45, 7) is 0. The zero-order chi connectivity index (χ0) is 30.2. The van der Waals surface area contributed by atoms with Crippen molar-refractivity contribution in [1.29, 1.82) is 0 Å². The molecular weight excluding hydrogens is 552 g/mol. The Morgan fingerprint density at radius 2 is 1.71 bits per heavy atom. The molecule has 0 aromatic heterocycles. The first kappa shape index (κ1) is 28.5. The van der Waals surface area contributed by atoms with Crippen LogP contribution in [0.15, 0.2) is 53.3 Å². The molecule has 2 aromatic carbocycles. The Kier molecular flexibility index (Phi) is 6.64. The predicted molar refractivity (Wildman–Crippen MR) is 148 cm³/mol. The van der Waals surface area contributed by atoms with Crippen LogP contribution >= 0.6 is 0 Å². The molecule has 6 N–H and O–H groups in total. The number of carbonyl (C=O) groups excluding carboxylic acids is 3. The number of nitrogens with zero attached hydrogens (tertiary/aromatic N) is 1. The van der Waals surface area contributed by atoms with Crippen LogP contribution in [0, 0.1) is 11.8 Å². The minimum absolute atomic E-state index is 0.0148. The molecule has 3 aliphatic carbocycles. The van der Waals surface area contributed by atoms with Gasteiger partial charge in [0.2, 0.25) is 5.78 Å². The number of aliphatic hydroxyl groups excluding tert-OH is 2. The zero-order valence-corrected chi connectivity index (χ0v) is 23.4. The molecule has 1 saturated carbocycles. The molecule has 0 saturated heterocycles. The largest absolute Gasteiger partial charge is 0.508 e. The van der Waals surface area contributed by atoms with Crippen LogP contribution in [0.2, 0.25) is 0 Å². The number of rotatable bonds is 5. The van der Waals surface area contributed by atoms with Gasteiger partial charge in [0.25, 0.3) is 5.91 Å². The van der Waals surface area contributed by atoms with Crippen LogP contribution in [0.1, 0.15) is 23.1 Å². The number of phenols is 1. The van der Waals surface area contributed by atoms with Crippen molar-refractivity contribution in [3.63, 3.8) is 0 Å². The van der Waals surface area contributed by atoms with Crippen LogP contribution in [0.25, 0.3) is 16.9 Å². The number of Topliss-reactive ketones (excluding diaryl/α,β-unsaturated/α-hetero) is 2. The van der Waals surface area contributed by atoms with Crippen LogP contribution in [-0.4, -0.2) is 83.2 Å². The van der Waals surface area contributed by atoms with E-state index in [1.807, 2.05) is 0 Å². The Morgan fingerprint density at radius 3 is 2.27 bits per heavy atom. The van der Waals surface area contributed by atoms with E-state index in [-0.39, 0.29) is 35.5 Å². The highest BCUT2D eigenvalue weighted by Crippen LogP contribution is 2.53. The van der Waals surface area contributed by atoms with Gasteiger partial charge in [-0.3, -0.25) is 19.3 Å². The predicted octanol–water partition coefficient (Wildman–Crippen LogP) is 1.18. The molecule has 4 atom stereocenters. The second kappa shape index (κ2) is 9.54. The molecule has 1 amide bonds. The molecule has 0 bridgehead atoms. The number of aliphatic hydroxyl groups is 3. The number of ketones is 2. The van der Waals surface area contributed by atoms with Crippen molar-refractivity contribution in [2.45, 2.75) is 30.2 Å². The van der Waals surface area contributed by atoms with Gasteiger partial charge in [0, 0.05) is 17.7 Å². The lowest BCUT2D eigenvalue weighted by molar-refractivity contribution is -0.153. The lowest BCUT2D eigenvalue weighted by Crippen LogP contribution is -2.65. The molecule has 5 rings (SSSR count). The van der Waals surface area contributed by atoms with Gasteiger partial charge in [-0.2, -0.15) is 0 Å². The molecule has 0 spiro atoms. The number of hydrogen-bond acceptors (Lipinski definition) is 10. The first-order valence-electron chi connectivity index (χ1n) is 12.8. The minimum atomic E-state index is -3.24. The maximum Gasteiger partial charge on any atom is 0.255 e. The molecule has 1 unspecified atom stereocenters. The number of sulfone groups is 1. The molecule has 12 heteroatoms. The topological polar surface area (TPSA) is 196 Å². The van der Waals surface area contributed by atoms with Gasteiger partial charge in [0.15, 0.2) is 21.2 Å². The van der Waals surface area contributed by atoms with Crippen molar-refractivity contribution in [2.24, 2.45) is 17.6 Å². The highest BCUT2D eigenvalue weighted by molar-refractivity contribution is 7.89. The summed E-state index contributed by atoms with van der Waals surface area (Å²) < 4.78 is 23.4. The molecule has 3 aliphatic rings. The van der Waals surface area contributed by atoms with E-state index in [4.69, 9.17) is 5.73 Å². The van der Waals surface area contributed by atoms with E-state index in [1.54, 1.807) is 30.3 Å². The molecule has 0 heterocycles. The Balaban J connectivity index is 1.67. The second-order valence-corrected chi connectivity index (χ2v) is 13.4. The van der Waals surface area contributed by atoms with Crippen LogP contribution < -0.4 is 5.73 Å². The number of hydrogen-bond donors (Lipinski definition) is 5. The van der Waals surface area contributed by atoms with Crippen LogP contribution in [0.4, 0.5) is 0 Å². The highest BCUT2D eigenvalue weighted by atomic mass is 32.2. The Hall–Kier alpha value is -4.00. The maximum atomic E-state index is 13.9. The fourth-order valence-electron chi connectivity index (χ4n) is 6.60. The van der Waals surface area contributed by atoms with Crippen LogP contribution in [-0.2, 0) is 36.4 Å². The summed E-state index contributed by atoms with van der Waals surface area (Å²) >= 11 is 0. The Labute approximate surface area is 236 Å². The number of likely N-dealkylation sites (N-methyl/N-ethyl adjacent to an activating group) is 1. The fraction of sp³-hybridized carbons (Fsp3) is 0.345. The average molecular weight is 583 g/mol. The normalized spacial score (nSPS) is 26.1. The Bertz CT molecular complexity index is 1690. The summed E-state index contributed by atoms with van der Waals surface area (Å²) in [5.41, 5.74) is 3.96. The number of fused-ring (bicyclic) bond motifs is 3. The SMILES string of the molecule is CN(C)C1C(=O)C(C(N)=O)=C(O)[C@]2(O)C(=O)C3=C(O)c4c(O)ccc(-c5ccc(CS(C)(=O)=O)cc5)c4C[C@@H]3C[C@H]12. The van der Waals surface area contributed by atoms with Crippen molar-refractivity contribution < 1.29 is 43.2 Å². The number of benzene rings is 2. The average Bonchev–Trinajstić information content (AvgIpc) is 2.85. The third-order valence-electron chi connectivity index (χ3n) is 8.30. The standard InChI is InChI=1S/C29H30N2O9S/c1-31(2)23-18-11-15-10-17-16(14-6-4-13(5-7-14)12-41(3,39)40)8-9-19(32)21(17)24(33)20(15)26(35)29(18,38)27(36)22(25(23)34)28(30)37/h4-9,15,18,23,32-33,36,38H,10-12H2,1-3H3,(H2,30,37)/t15-,18-,23?,29-/m1/s1. The number of nitrogens with two attached hydrogens (primary N) is 1. The van der Waals surface area contributed by atoms with Gasteiger partial charge in [-0.1, -0.05) is 30.3 Å². The molecule has 1 fully saturated rings. The van der Waals surface area contributed by atoms with Gasteiger partial charge in [0.05, 0.1) is 17.4 Å². The molecule has 0 aliphatic heterocycles. The van der Waals surface area contributed by atoms with E-state index in [2.05, 4.69) is 0 Å². The molecule has 11 nitrogen and oxygen atoms in total. The molecule has 0 radical (unpaired) electrons. The lowest BCUT2D eigenvalue weighted by Gasteiger charge is -2.50. The van der Waals surface area contributed by atoms with E-state index in [0.717, 1.165) is 6.26 Å². The first-order valence-corrected chi connectivity index (χ1v) is 14.9. The quantitative estimate of drug-likeness (QED) is 0.319. The molecular formula is C29H30N2O9S. The molecule has 216 valence electrons. The third kappa shape index (κ3) is 4.33. The van der Waals surface area contributed by atoms with Crippen molar-refractivity contribution in [3.8, 4) is 16.9 Å². The monoisotopic (exact) mass is 582 g/mol. The summed E-state index contributed by atoms with van der Waals surface area (Å²) in [7, 11) is -0.163. The van der Waals surface area contributed by atoms with E-state index in [1.165, 1.54) is 25.1 Å². The van der Waals surface area contributed by atoms with Gasteiger partial charge < -0.3 is 26.2 Å². The van der Waals surface area contributed by atoms with Crippen molar-refractivity contribution >= 4 is 33.1 Å². The number of primary amides is 1. The summed E-state index contributed by atoms with van der Waals surface area (Å²) in [6.07, 6.45) is 1.26. The van der Waals surface area contributed by atoms with Crippen molar-refractivity contribution in [2.75, 3.05) is 20.4 Å². The van der Waals surface area contributed by atoms with E-state index >= 15 is 0 Å². The summed E-state index contributed by atoms with van der Waals surface area (Å²) in [5.74, 6) is -7.22. The van der Waals surface area contributed by atoms with Gasteiger partial charge in [-0.05, 0) is 61.2 Å². The van der Waals surface area contributed by atoms with Gasteiger partial charge >= 0.3 is 0 Å². The van der Waals surface area contributed by atoms with Gasteiger partial charge in [0.1, 0.15) is 22.8 Å². The highest BCUT2D eigenvalue weighted by Gasteiger charge is 2.64. The van der Waals surface area contributed by atoms with E-state index in [0.29, 0.717) is 22.3 Å². The number of carbonyl (C=O) groups is 3. The fourth-order valence-corrected chi connectivity index (χ4v) is 7.40. The number of amides is 1. The number of phenolic OH excluding ortho intramolecular Hbond substituents is 1. The lowest BCUT2D eigenvalue weighted by atomic mass is 9.57. The minimum Gasteiger partial charge on any atom is -0.508 e.